The topological polar surface area (TPSA) is 48.4 Å². The van der Waals surface area contributed by atoms with Gasteiger partial charge in [-0.3, -0.25) is 4.98 Å². The molecule has 0 unspecified atom stereocenters. The summed E-state index contributed by atoms with van der Waals surface area (Å²) in [6.45, 7) is 1.98. The Bertz CT molecular complexity index is 611. The van der Waals surface area contributed by atoms with Crippen molar-refractivity contribution in [2.75, 3.05) is 7.11 Å². The fourth-order valence-electron chi connectivity index (χ4n) is 1.62. The molecule has 0 fully saturated rings. The summed E-state index contributed by atoms with van der Waals surface area (Å²) in [6.07, 6.45) is 1.40. The SMILES string of the molecule is COC(=O)c1ccc(COc2cc(C)ccc2F)nc1. The van der Waals surface area contributed by atoms with E-state index in [1.54, 1.807) is 24.3 Å². The molecule has 2 rings (SSSR count). The van der Waals surface area contributed by atoms with Crippen LogP contribution in [-0.2, 0) is 11.3 Å². The third-order valence-electron chi connectivity index (χ3n) is 2.71. The van der Waals surface area contributed by atoms with Crippen molar-refractivity contribution < 1.29 is 18.7 Å². The number of carbonyl (C=O) groups is 1. The van der Waals surface area contributed by atoms with Crippen LogP contribution in [0.4, 0.5) is 4.39 Å². The second-order valence-corrected chi connectivity index (χ2v) is 4.25. The predicted octanol–water partition coefficient (Wildman–Crippen LogP) is 2.89. The molecule has 0 spiro atoms. The maximum absolute atomic E-state index is 13.5. The molecule has 20 heavy (non-hydrogen) atoms. The second kappa shape index (κ2) is 6.14. The second-order valence-electron chi connectivity index (χ2n) is 4.25. The van der Waals surface area contributed by atoms with E-state index in [1.807, 2.05) is 6.92 Å². The van der Waals surface area contributed by atoms with Gasteiger partial charge < -0.3 is 9.47 Å². The zero-order valence-corrected chi connectivity index (χ0v) is 11.2. The summed E-state index contributed by atoms with van der Waals surface area (Å²) >= 11 is 0. The first kappa shape index (κ1) is 14.0. The van der Waals surface area contributed by atoms with Crippen LogP contribution in [0.3, 0.4) is 0 Å². The van der Waals surface area contributed by atoms with Gasteiger partial charge in [0, 0.05) is 6.20 Å². The predicted molar refractivity (Wildman–Crippen MR) is 71.0 cm³/mol. The number of halogens is 1. The average Bonchev–Trinajstić information content (AvgIpc) is 2.48. The Morgan fingerprint density at radius 3 is 2.75 bits per heavy atom. The first-order chi connectivity index (χ1) is 9.60. The van der Waals surface area contributed by atoms with Gasteiger partial charge in [0.15, 0.2) is 11.6 Å². The zero-order valence-electron chi connectivity index (χ0n) is 11.2. The third kappa shape index (κ3) is 3.32. The molecule has 0 saturated carbocycles. The van der Waals surface area contributed by atoms with Gasteiger partial charge in [-0.25, -0.2) is 9.18 Å². The minimum Gasteiger partial charge on any atom is -0.484 e. The van der Waals surface area contributed by atoms with Gasteiger partial charge in [-0.1, -0.05) is 6.07 Å². The van der Waals surface area contributed by atoms with Gasteiger partial charge in [-0.15, -0.1) is 0 Å². The van der Waals surface area contributed by atoms with E-state index in [2.05, 4.69) is 9.72 Å². The number of ether oxygens (including phenoxy) is 2. The van der Waals surface area contributed by atoms with Crippen molar-refractivity contribution in [3.05, 3.63) is 59.2 Å². The molecule has 104 valence electrons. The summed E-state index contributed by atoms with van der Waals surface area (Å²) in [4.78, 5) is 15.3. The van der Waals surface area contributed by atoms with Gasteiger partial charge in [0.1, 0.15) is 6.61 Å². The Labute approximate surface area is 116 Å². The van der Waals surface area contributed by atoms with Crippen LogP contribution < -0.4 is 4.74 Å². The minimum absolute atomic E-state index is 0.127. The maximum Gasteiger partial charge on any atom is 0.339 e. The average molecular weight is 275 g/mol. The van der Waals surface area contributed by atoms with Crippen LogP contribution in [0.2, 0.25) is 0 Å². The number of esters is 1. The number of benzene rings is 1. The van der Waals surface area contributed by atoms with Gasteiger partial charge in [0.2, 0.25) is 0 Å². The van der Waals surface area contributed by atoms with E-state index in [9.17, 15) is 9.18 Å². The van der Waals surface area contributed by atoms with Crippen LogP contribution in [0.5, 0.6) is 5.75 Å². The molecule has 1 heterocycles. The standard InChI is InChI=1S/C15H14FNO3/c1-10-3-6-13(16)14(7-10)20-9-12-5-4-11(8-17-12)15(18)19-2/h3-8H,9H2,1-2H3. The molecule has 0 N–H and O–H groups in total. The first-order valence-electron chi connectivity index (χ1n) is 6.02. The molecule has 1 aromatic carbocycles. The van der Waals surface area contributed by atoms with E-state index in [0.29, 0.717) is 11.3 Å². The molecule has 0 atom stereocenters. The van der Waals surface area contributed by atoms with Gasteiger partial charge in [0.05, 0.1) is 18.4 Å². The number of hydrogen-bond acceptors (Lipinski definition) is 4. The van der Waals surface area contributed by atoms with E-state index in [4.69, 9.17) is 4.74 Å². The fourth-order valence-corrected chi connectivity index (χ4v) is 1.62. The number of aromatic nitrogens is 1. The number of methoxy groups -OCH3 is 1. The Balaban J connectivity index is 2.04. The van der Waals surface area contributed by atoms with Crippen molar-refractivity contribution in [3.8, 4) is 5.75 Å². The van der Waals surface area contributed by atoms with Crippen molar-refractivity contribution in [3.63, 3.8) is 0 Å². The van der Waals surface area contributed by atoms with Crippen LogP contribution in [0.1, 0.15) is 21.6 Å². The molecular formula is C15H14FNO3. The van der Waals surface area contributed by atoms with Crippen LogP contribution >= 0.6 is 0 Å². The molecule has 4 nitrogen and oxygen atoms in total. The molecule has 1 aromatic heterocycles. The molecule has 0 aliphatic rings. The van der Waals surface area contributed by atoms with Crippen LogP contribution in [0, 0.1) is 12.7 Å². The van der Waals surface area contributed by atoms with Crippen LogP contribution in [0.25, 0.3) is 0 Å². The highest BCUT2D eigenvalue weighted by Crippen LogP contribution is 2.19. The molecule has 0 aliphatic carbocycles. The Kier molecular flexibility index (Phi) is 4.30. The summed E-state index contributed by atoms with van der Waals surface area (Å²) in [6, 6.07) is 7.88. The van der Waals surface area contributed by atoms with Crippen molar-refractivity contribution in [1.29, 1.82) is 0 Å². The number of carbonyl (C=O) groups excluding carboxylic acids is 1. The van der Waals surface area contributed by atoms with Gasteiger partial charge >= 0.3 is 5.97 Å². The lowest BCUT2D eigenvalue weighted by Crippen LogP contribution is -2.04. The lowest BCUT2D eigenvalue weighted by atomic mass is 10.2. The summed E-state index contributed by atoms with van der Waals surface area (Å²) in [5.41, 5.74) is 1.87. The highest BCUT2D eigenvalue weighted by Gasteiger charge is 2.07. The Hall–Kier alpha value is -2.43. The lowest BCUT2D eigenvalue weighted by Gasteiger charge is -2.08. The summed E-state index contributed by atoms with van der Waals surface area (Å²) in [5, 5.41) is 0. The van der Waals surface area contributed by atoms with Crippen molar-refractivity contribution in [2.24, 2.45) is 0 Å². The van der Waals surface area contributed by atoms with E-state index in [0.717, 1.165) is 5.56 Å². The number of aryl methyl sites for hydroxylation is 1. The molecule has 0 amide bonds. The summed E-state index contributed by atoms with van der Waals surface area (Å²) in [5.74, 6) is -0.680. The number of hydrogen-bond donors (Lipinski definition) is 0. The lowest BCUT2D eigenvalue weighted by molar-refractivity contribution is 0.0600. The monoisotopic (exact) mass is 275 g/mol. The van der Waals surface area contributed by atoms with Crippen LogP contribution in [-0.4, -0.2) is 18.1 Å². The molecule has 0 saturated heterocycles. The highest BCUT2D eigenvalue weighted by molar-refractivity contribution is 5.88. The largest absolute Gasteiger partial charge is 0.484 e. The van der Waals surface area contributed by atoms with Crippen molar-refractivity contribution in [2.45, 2.75) is 13.5 Å². The van der Waals surface area contributed by atoms with E-state index < -0.39 is 11.8 Å². The van der Waals surface area contributed by atoms with Gasteiger partial charge in [-0.05, 0) is 36.8 Å². The first-order valence-corrected chi connectivity index (χ1v) is 6.02. The van der Waals surface area contributed by atoms with Crippen molar-refractivity contribution in [1.82, 2.24) is 4.98 Å². The molecule has 0 aliphatic heterocycles. The van der Waals surface area contributed by atoms with Gasteiger partial charge in [0.25, 0.3) is 0 Å². The molecular weight excluding hydrogens is 261 g/mol. The van der Waals surface area contributed by atoms with Crippen molar-refractivity contribution >= 4 is 5.97 Å². The quantitative estimate of drug-likeness (QED) is 0.805. The van der Waals surface area contributed by atoms with E-state index in [1.165, 1.54) is 19.4 Å². The number of pyridine rings is 1. The zero-order chi connectivity index (χ0) is 14.5. The maximum atomic E-state index is 13.5. The molecule has 0 bridgehead atoms. The Morgan fingerprint density at radius 1 is 1.30 bits per heavy atom. The number of rotatable bonds is 4. The summed E-state index contributed by atoms with van der Waals surface area (Å²) in [7, 11) is 1.31. The third-order valence-corrected chi connectivity index (χ3v) is 2.71. The fraction of sp³-hybridized carbons (Fsp3) is 0.200. The summed E-state index contributed by atoms with van der Waals surface area (Å²) < 4.78 is 23.4. The van der Waals surface area contributed by atoms with Crippen LogP contribution in [0.15, 0.2) is 36.5 Å². The molecule has 0 radical (unpaired) electrons. The normalized spacial score (nSPS) is 10.2. The highest BCUT2D eigenvalue weighted by atomic mass is 19.1. The van der Waals surface area contributed by atoms with Gasteiger partial charge in [-0.2, -0.15) is 0 Å². The minimum atomic E-state index is -0.449. The molecule has 2 aromatic rings. The van der Waals surface area contributed by atoms with E-state index >= 15 is 0 Å². The number of nitrogens with zero attached hydrogens (tertiary/aromatic N) is 1. The Morgan fingerprint density at radius 2 is 2.10 bits per heavy atom. The van der Waals surface area contributed by atoms with E-state index in [-0.39, 0.29) is 12.4 Å². The molecule has 5 heteroatoms. The smallest absolute Gasteiger partial charge is 0.339 e.